The fourth-order valence-electron chi connectivity index (χ4n) is 2.98. The van der Waals surface area contributed by atoms with Crippen molar-refractivity contribution in [3.05, 3.63) is 48.0 Å². The quantitative estimate of drug-likeness (QED) is 0.845. The molecule has 0 heterocycles. The molecule has 2 heteroatoms. The lowest BCUT2D eigenvalue weighted by molar-refractivity contribution is -0.113. The summed E-state index contributed by atoms with van der Waals surface area (Å²) in [4.78, 5) is 10.6. The third-order valence-electron chi connectivity index (χ3n) is 4.14. The molecule has 1 atom stereocenters. The van der Waals surface area contributed by atoms with Gasteiger partial charge in [0.05, 0.1) is 0 Å². The Labute approximate surface area is 113 Å². The smallest absolute Gasteiger partial charge is 0.123 e. The third kappa shape index (κ3) is 2.41. The number of aldehydes is 1. The van der Waals surface area contributed by atoms with Gasteiger partial charge in [-0.3, -0.25) is 0 Å². The van der Waals surface area contributed by atoms with Crippen molar-refractivity contribution in [1.82, 2.24) is 5.32 Å². The van der Waals surface area contributed by atoms with Crippen molar-refractivity contribution in [3.8, 4) is 0 Å². The van der Waals surface area contributed by atoms with Crippen molar-refractivity contribution in [3.63, 3.8) is 0 Å². The Balaban J connectivity index is 1.78. The van der Waals surface area contributed by atoms with E-state index in [-0.39, 0.29) is 5.92 Å². The van der Waals surface area contributed by atoms with Gasteiger partial charge in [0.25, 0.3) is 0 Å². The maximum atomic E-state index is 10.6. The molecular formula is C17H19NO. The number of hydrogen-bond acceptors (Lipinski definition) is 2. The fourth-order valence-corrected chi connectivity index (χ4v) is 2.98. The second-order valence-electron chi connectivity index (χ2n) is 5.52. The molecule has 1 N–H and O–H groups in total. The zero-order chi connectivity index (χ0) is 13.2. The second kappa shape index (κ2) is 5.14. The highest BCUT2D eigenvalue weighted by Crippen LogP contribution is 2.30. The molecule has 1 fully saturated rings. The van der Waals surface area contributed by atoms with Gasteiger partial charge in [0.15, 0.2) is 0 Å². The standard InChI is InChI=1S/C17H19NO/c1-12(18-15-9-13(10-15)11-19)16-8-4-6-14-5-2-3-7-17(14)16/h2-8,11-13,15,18H,9-10H2,1H3. The molecule has 98 valence electrons. The average molecular weight is 253 g/mol. The lowest BCUT2D eigenvalue weighted by atomic mass is 9.81. The summed E-state index contributed by atoms with van der Waals surface area (Å²) >= 11 is 0. The zero-order valence-electron chi connectivity index (χ0n) is 11.2. The van der Waals surface area contributed by atoms with Crippen LogP contribution in [0, 0.1) is 5.92 Å². The summed E-state index contributed by atoms with van der Waals surface area (Å²) < 4.78 is 0. The van der Waals surface area contributed by atoms with Crippen LogP contribution in [0.1, 0.15) is 31.4 Å². The molecule has 3 rings (SSSR count). The fraction of sp³-hybridized carbons (Fsp3) is 0.353. The topological polar surface area (TPSA) is 29.1 Å². The lowest BCUT2D eigenvalue weighted by Gasteiger charge is -2.35. The number of fused-ring (bicyclic) bond motifs is 1. The number of carbonyl (C=O) groups is 1. The molecule has 0 aromatic heterocycles. The molecule has 0 bridgehead atoms. The van der Waals surface area contributed by atoms with E-state index < -0.39 is 0 Å². The van der Waals surface area contributed by atoms with E-state index >= 15 is 0 Å². The first-order valence-corrected chi connectivity index (χ1v) is 6.97. The minimum atomic E-state index is 0.275. The van der Waals surface area contributed by atoms with Crippen molar-refractivity contribution in [2.24, 2.45) is 5.92 Å². The van der Waals surface area contributed by atoms with Gasteiger partial charge in [0, 0.05) is 18.0 Å². The molecule has 0 saturated heterocycles. The molecule has 0 spiro atoms. The van der Waals surface area contributed by atoms with E-state index in [1.54, 1.807) is 0 Å². The number of nitrogens with one attached hydrogen (secondary N) is 1. The molecule has 1 aliphatic rings. The van der Waals surface area contributed by atoms with Crippen LogP contribution in [0.15, 0.2) is 42.5 Å². The van der Waals surface area contributed by atoms with Gasteiger partial charge in [0.2, 0.25) is 0 Å². The Kier molecular flexibility index (Phi) is 3.34. The van der Waals surface area contributed by atoms with Crippen LogP contribution in [-0.4, -0.2) is 12.3 Å². The molecule has 1 saturated carbocycles. The van der Waals surface area contributed by atoms with Crippen molar-refractivity contribution in [1.29, 1.82) is 0 Å². The molecule has 2 aromatic carbocycles. The molecule has 2 nitrogen and oxygen atoms in total. The SMILES string of the molecule is CC(NC1CC(C=O)C1)c1cccc2ccccc12. The van der Waals surface area contributed by atoms with E-state index in [4.69, 9.17) is 0 Å². The van der Waals surface area contributed by atoms with Gasteiger partial charge in [-0.05, 0) is 36.1 Å². The molecule has 1 unspecified atom stereocenters. The number of carbonyl (C=O) groups excluding carboxylic acids is 1. The maximum Gasteiger partial charge on any atom is 0.123 e. The van der Waals surface area contributed by atoms with E-state index in [0.29, 0.717) is 12.1 Å². The van der Waals surface area contributed by atoms with Crippen molar-refractivity contribution in [2.75, 3.05) is 0 Å². The monoisotopic (exact) mass is 253 g/mol. The average Bonchev–Trinajstić information content (AvgIpc) is 2.41. The highest BCUT2D eigenvalue weighted by atomic mass is 16.1. The molecule has 0 aliphatic heterocycles. The van der Waals surface area contributed by atoms with E-state index in [2.05, 4.69) is 54.7 Å². The van der Waals surface area contributed by atoms with Gasteiger partial charge >= 0.3 is 0 Å². The predicted molar refractivity (Wildman–Crippen MR) is 78.1 cm³/mol. The van der Waals surface area contributed by atoms with Crippen molar-refractivity contribution < 1.29 is 4.79 Å². The Morgan fingerprint density at radius 3 is 2.68 bits per heavy atom. The van der Waals surface area contributed by atoms with Gasteiger partial charge in [-0.15, -0.1) is 0 Å². The maximum absolute atomic E-state index is 10.6. The summed E-state index contributed by atoms with van der Waals surface area (Å²) in [6.07, 6.45) is 3.05. The van der Waals surface area contributed by atoms with Crippen LogP contribution in [0.4, 0.5) is 0 Å². The summed E-state index contributed by atoms with van der Waals surface area (Å²) in [7, 11) is 0. The van der Waals surface area contributed by atoms with Crippen LogP contribution in [-0.2, 0) is 4.79 Å². The summed E-state index contributed by atoms with van der Waals surface area (Å²) in [5.74, 6) is 0.275. The lowest BCUT2D eigenvalue weighted by Crippen LogP contribution is -2.42. The van der Waals surface area contributed by atoms with Crippen molar-refractivity contribution in [2.45, 2.75) is 31.8 Å². The highest BCUT2D eigenvalue weighted by Gasteiger charge is 2.29. The van der Waals surface area contributed by atoms with Crippen LogP contribution in [0.5, 0.6) is 0 Å². The number of benzene rings is 2. The second-order valence-corrected chi connectivity index (χ2v) is 5.52. The van der Waals surface area contributed by atoms with Gasteiger partial charge in [0.1, 0.15) is 6.29 Å². The van der Waals surface area contributed by atoms with E-state index in [1.807, 2.05) is 0 Å². The van der Waals surface area contributed by atoms with Crippen LogP contribution < -0.4 is 5.32 Å². The van der Waals surface area contributed by atoms with Crippen LogP contribution in [0.3, 0.4) is 0 Å². The van der Waals surface area contributed by atoms with E-state index in [9.17, 15) is 4.79 Å². The Morgan fingerprint density at radius 1 is 1.16 bits per heavy atom. The van der Waals surface area contributed by atoms with Gasteiger partial charge in [-0.25, -0.2) is 0 Å². The predicted octanol–water partition coefficient (Wildman–Crippen LogP) is 3.47. The molecule has 0 radical (unpaired) electrons. The molecule has 0 amide bonds. The van der Waals surface area contributed by atoms with Crippen LogP contribution >= 0.6 is 0 Å². The van der Waals surface area contributed by atoms with Gasteiger partial charge in [-0.1, -0.05) is 42.5 Å². The molecule has 1 aliphatic carbocycles. The Bertz CT molecular complexity index is 581. The molecule has 19 heavy (non-hydrogen) atoms. The first-order chi connectivity index (χ1) is 9.28. The zero-order valence-corrected chi connectivity index (χ0v) is 11.2. The van der Waals surface area contributed by atoms with Crippen LogP contribution in [0.25, 0.3) is 10.8 Å². The summed E-state index contributed by atoms with van der Waals surface area (Å²) in [6, 6.07) is 15.8. The first-order valence-electron chi connectivity index (χ1n) is 6.97. The molecular weight excluding hydrogens is 234 g/mol. The summed E-state index contributed by atoms with van der Waals surface area (Å²) in [6.45, 7) is 2.20. The van der Waals surface area contributed by atoms with Crippen LogP contribution in [0.2, 0.25) is 0 Å². The van der Waals surface area contributed by atoms with E-state index in [0.717, 1.165) is 19.1 Å². The largest absolute Gasteiger partial charge is 0.307 e. The normalized spacial score (nSPS) is 23.8. The number of rotatable bonds is 4. The Hall–Kier alpha value is -1.67. The van der Waals surface area contributed by atoms with Gasteiger partial charge < -0.3 is 10.1 Å². The third-order valence-corrected chi connectivity index (χ3v) is 4.14. The summed E-state index contributed by atoms with van der Waals surface area (Å²) in [5.41, 5.74) is 1.34. The molecule has 2 aromatic rings. The van der Waals surface area contributed by atoms with E-state index in [1.165, 1.54) is 16.3 Å². The minimum Gasteiger partial charge on any atom is -0.307 e. The number of hydrogen-bond donors (Lipinski definition) is 1. The summed E-state index contributed by atoms with van der Waals surface area (Å²) in [5, 5.41) is 6.23. The first kappa shape index (κ1) is 12.4. The van der Waals surface area contributed by atoms with Gasteiger partial charge in [-0.2, -0.15) is 0 Å². The minimum absolute atomic E-state index is 0.275. The van der Waals surface area contributed by atoms with Crippen molar-refractivity contribution >= 4 is 17.1 Å². The Morgan fingerprint density at radius 2 is 1.89 bits per heavy atom. The highest BCUT2D eigenvalue weighted by molar-refractivity contribution is 5.86.